The third kappa shape index (κ3) is 4.05. The van der Waals surface area contributed by atoms with Crippen molar-refractivity contribution in [3.05, 3.63) is 54.4 Å². The molecule has 0 aromatic carbocycles. The van der Waals surface area contributed by atoms with Crippen molar-refractivity contribution in [1.82, 2.24) is 24.5 Å². The molecule has 3 aromatic rings. The van der Waals surface area contributed by atoms with Crippen molar-refractivity contribution in [2.45, 2.75) is 30.5 Å². The average Bonchev–Trinajstić information content (AvgIpc) is 3.16. The molecule has 1 saturated heterocycles. The minimum Gasteiger partial charge on any atom is -0.383 e. The van der Waals surface area contributed by atoms with E-state index in [1.54, 1.807) is 0 Å². The lowest BCUT2D eigenvalue weighted by atomic mass is 9.97. The Labute approximate surface area is 163 Å². The fraction of sp³-hybridized carbons (Fsp3) is 0.368. The molecule has 0 amide bonds. The SMILES string of the molecule is CSc1nc(N)cc(N2CCC[C@@H](c3nccn3Cc3ccccn3)C2)n1. The van der Waals surface area contributed by atoms with E-state index in [1.807, 2.05) is 49.1 Å². The van der Waals surface area contributed by atoms with Gasteiger partial charge in [-0.05, 0) is 31.2 Å². The minimum absolute atomic E-state index is 0.353. The maximum atomic E-state index is 5.97. The summed E-state index contributed by atoms with van der Waals surface area (Å²) < 4.78 is 2.21. The van der Waals surface area contributed by atoms with Crippen LogP contribution < -0.4 is 10.6 Å². The van der Waals surface area contributed by atoms with Crippen LogP contribution in [0.1, 0.15) is 30.3 Å². The van der Waals surface area contributed by atoms with E-state index in [-0.39, 0.29) is 0 Å². The topological polar surface area (TPSA) is 85.8 Å². The molecule has 140 valence electrons. The van der Waals surface area contributed by atoms with Crippen molar-refractivity contribution >= 4 is 23.4 Å². The molecule has 0 spiro atoms. The number of thioether (sulfide) groups is 1. The zero-order chi connectivity index (χ0) is 18.6. The molecular weight excluding hydrogens is 358 g/mol. The summed E-state index contributed by atoms with van der Waals surface area (Å²) in [6, 6.07) is 7.87. The van der Waals surface area contributed by atoms with E-state index >= 15 is 0 Å². The molecule has 8 heteroatoms. The van der Waals surface area contributed by atoms with Crippen LogP contribution in [0.5, 0.6) is 0 Å². The van der Waals surface area contributed by atoms with Crippen molar-refractivity contribution < 1.29 is 0 Å². The van der Waals surface area contributed by atoms with Crippen molar-refractivity contribution in [3.63, 3.8) is 0 Å². The van der Waals surface area contributed by atoms with E-state index in [0.29, 0.717) is 16.9 Å². The fourth-order valence-corrected chi connectivity index (χ4v) is 3.94. The largest absolute Gasteiger partial charge is 0.383 e. The highest BCUT2D eigenvalue weighted by molar-refractivity contribution is 7.98. The van der Waals surface area contributed by atoms with Crippen molar-refractivity contribution in [3.8, 4) is 0 Å². The number of nitrogens with zero attached hydrogens (tertiary/aromatic N) is 6. The predicted molar refractivity (Wildman–Crippen MR) is 108 cm³/mol. The standard InChI is InChI=1S/C19H23N7S/c1-27-19-23-16(20)11-17(24-19)25-9-4-5-14(12-25)18-22-8-10-26(18)13-15-6-2-3-7-21-15/h2-3,6-8,10-11,14H,4-5,9,12-13H2,1H3,(H2,20,23,24)/t14-/m1/s1. The lowest BCUT2D eigenvalue weighted by molar-refractivity contribution is 0.472. The Morgan fingerprint density at radius 2 is 2.15 bits per heavy atom. The summed E-state index contributed by atoms with van der Waals surface area (Å²) in [6.45, 7) is 2.59. The molecule has 4 heterocycles. The molecule has 2 N–H and O–H groups in total. The van der Waals surface area contributed by atoms with Crippen LogP contribution in [0.15, 0.2) is 48.0 Å². The molecule has 1 fully saturated rings. The molecule has 4 rings (SSSR count). The summed E-state index contributed by atoms with van der Waals surface area (Å²) in [4.78, 5) is 20.3. The van der Waals surface area contributed by atoms with Gasteiger partial charge in [0.1, 0.15) is 17.5 Å². The second kappa shape index (κ2) is 7.96. The number of imidazole rings is 1. The van der Waals surface area contributed by atoms with E-state index in [2.05, 4.69) is 29.4 Å². The number of pyridine rings is 1. The fourth-order valence-electron chi connectivity index (χ4n) is 3.56. The Morgan fingerprint density at radius 1 is 1.22 bits per heavy atom. The molecule has 0 bridgehead atoms. The van der Waals surface area contributed by atoms with Crippen LogP contribution in [0, 0.1) is 0 Å². The van der Waals surface area contributed by atoms with Gasteiger partial charge in [0.05, 0.1) is 12.2 Å². The second-order valence-corrected chi connectivity index (χ2v) is 7.43. The highest BCUT2D eigenvalue weighted by atomic mass is 32.2. The molecule has 1 atom stereocenters. The Kier molecular flexibility index (Phi) is 5.24. The number of nitrogens with two attached hydrogens (primary N) is 1. The van der Waals surface area contributed by atoms with Gasteiger partial charge < -0.3 is 15.2 Å². The summed E-state index contributed by atoms with van der Waals surface area (Å²) in [5.41, 5.74) is 7.01. The summed E-state index contributed by atoms with van der Waals surface area (Å²) >= 11 is 1.51. The number of anilines is 2. The normalized spacial score (nSPS) is 17.2. The zero-order valence-electron chi connectivity index (χ0n) is 15.3. The van der Waals surface area contributed by atoms with Gasteiger partial charge in [-0.1, -0.05) is 17.8 Å². The first-order valence-electron chi connectivity index (χ1n) is 9.07. The Morgan fingerprint density at radius 3 is 2.96 bits per heavy atom. The van der Waals surface area contributed by atoms with Gasteiger partial charge in [0.2, 0.25) is 0 Å². The van der Waals surface area contributed by atoms with E-state index in [4.69, 9.17) is 5.73 Å². The van der Waals surface area contributed by atoms with Crippen LogP contribution in [0.2, 0.25) is 0 Å². The Hall–Kier alpha value is -2.61. The third-order valence-corrected chi connectivity index (χ3v) is 5.36. The van der Waals surface area contributed by atoms with Gasteiger partial charge in [-0.25, -0.2) is 15.0 Å². The monoisotopic (exact) mass is 381 g/mol. The number of hydrogen-bond donors (Lipinski definition) is 1. The van der Waals surface area contributed by atoms with Crippen LogP contribution >= 0.6 is 11.8 Å². The predicted octanol–water partition coefficient (Wildman–Crippen LogP) is 2.80. The first kappa shape index (κ1) is 17.8. The van der Waals surface area contributed by atoms with Gasteiger partial charge >= 0.3 is 0 Å². The average molecular weight is 382 g/mol. The highest BCUT2D eigenvalue weighted by Crippen LogP contribution is 2.30. The molecule has 27 heavy (non-hydrogen) atoms. The molecule has 0 radical (unpaired) electrons. The summed E-state index contributed by atoms with van der Waals surface area (Å²) in [5, 5.41) is 0.712. The van der Waals surface area contributed by atoms with Crippen LogP contribution in [-0.2, 0) is 6.54 Å². The van der Waals surface area contributed by atoms with Gasteiger partial charge in [-0.2, -0.15) is 0 Å². The maximum Gasteiger partial charge on any atom is 0.191 e. The molecule has 0 saturated carbocycles. The van der Waals surface area contributed by atoms with Gasteiger partial charge in [-0.15, -0.1) is 0 Å². The number of nitrogen functional groups attached to an aromatic ring is 1. The van der Waals surface area contributed by atoms with Crippen molar-refractivity contribution in [2.24, 2.45) is 0 Å². The number of hydrogen-bond acceptors (Lipinski definition) is 7. The Bertz CT molecular complexity index is 896. The van der Waals surface area contributed by atoms with Crippen LogP contribution in [-0.4, -0.2) is 43.8 Å². The number of aromatic nitrogens is 5. The third-order valence-electron chi connectivity index (χ3n) is 4.81. The summed E-state index contributed by atoms with van der Waals surface area (Å²) in [7, 11) is 0. The van der Waals surface area contributed by atoms with E-state index in [9.17, 15) is 0 Å². The van der Waals surface area contributed by atoms with Gasteiger partial charge in [0, 0.05) is 43.7 Å². The maximum absolute atomic E-state index is 5.97. The highest BCUT2D eigenvalue weighted by Gasteiger charge is 2.26. The number of rotatable bonds is 5. The molecule has 1 aliphatic rings. The first-order chi connectivity index (χ1) is 13.2. The lowest BCUT2D eigenvalue weighted by Crippen LogP contribution is -2.36. The second-order valence-electron chi connectivity index (χ2n) is 6.66. The van der Waals surface area contributed by atoms with Gasteiger partial charge in [0.15, 0.2) is 5.16 Å². The Balaban J connectivity index is 1.54. The summed E-state index contributed by atoms with van der Waals surface area (Å²) in [6.07, 6.45) is 9.93. The van der Waals surface area contributed by atoms with Crippen molar-refractivity contribution in [2.75, 3.05) is 30.0 Å². The molecule has 7 nitrogen and oxygen atoms in total. The smallest absolute Gasteiger partial charge is 0.191 e. The van der Waals surface area contributed by atoms with E-state index in [0.717, 1.165) is 49.8 Å². The quantitative estimate of drug-likeness (QED) is 0.537. The first-order valence-corrected chi connectivity index (χ1v) is 10.3. The summed E-state index contributed by atoms with van der Waals surface area (Å²) in [5.74, 6) is 2.88. The lowest BCUT2D eigenvalue weighted by Gasteiger charge is -2.33. The number of piperidine rings is 1. The van der Waals surface area contributed by atoms with Crippen LogP contribution in [0.3, 0.4) is 0 Å². The zero-order valence-corrected chi connectivity index (χ0v) is 16.1. The molecule has 0 unspecified atom stereocenters. The molecule has 0 aliphatic carbocycles. The molecular formula is C19H23N7S. The van der Waals surface area contributed by atoms with Gasteiger partial charge in [-0.3, -0.25) is 4.98 Å². The van der Waals surface area contributed by atoms with Crippen LogP contribution in [0.25, 0.3) is 0 Å². The van der Waals surface area contributed by atoms with Crippen LogP contribution in [0.4, 0.5) is 11.6 Å². The van der Waals surface area contributed by atoms with Gasteiger partial charge in [0.25, 0.3) is 0 Å². The van der Waals surface area contributed by atoms with E-state index < -0.39 is 0 Å². The van der Waals surface area contributed by atoms with Crippen molar-refractivity contribution in [1.29, 1.82) is 0 Å². The molecule has 1 aliphatic heterocycles. The van der Waals surface area contributed by atoms with E-state index in [1.165, 1.54) is 11.8 Å². The molecule has 3 aromatic heterocycles. The minimum atomic E-state index is 0.353.